The number of benzene rings is 4. The topological polar surface area (TPSA) is 142 Å². The van der Waals surface area contributed by atoms with Gasteiger partial charge in [-0.15, -0.1) is 0 Å². The van der Waals surface area contributed by atoms with Crippen molar-refractivity contribution in [2.24, 2.45) is 0 Å². The Labute approximate surface area is 283 Å². The van der Waals surface area contributed by atoms with Crippen LogP contribution in [0, 0.1) is 5.82 Å². The minimum absolute atomic E-state index is 0.0218. The Morgan fingerprint density at radius 1 is 0.891 bits per heavy atom. The molecule has 10 nitrogen and oxygen atoms in total. The molecule has 16 heteroatoms. The summed E-state index contributed by atoms with van der Waals surface area (Å²) in [4.78, 5) is 27.7. The summed E-state index contributed by atoms with van der Waals surface area (Å²) in [7, 11) is -7.80. The smallest absolute Gasteiger partial charge is 0.262 e. The largest absolute Gasteiger partial charge is 0.320 e. The fraction of sp³-hybridized carbons (Fsp3) is 0.133. The summed E-state index contributed by atoms with van der Waals surface area (Å²) in [6.45, 7) is -0.0218. The Bertz CT molecular complexity index is 2100. The molecule has 1 unspecified atom stereocenters. The maximum absolute atomic E-state index is 16.1. The van der Waals surface area contributed by atoms with Crippen LogP contribution >= 0.6 is 39.1 Å². The first-order chi connectivity index (χ1) is 21.6. The van der Waals surface area contributed by atoms with Crippen LogP contribution in [0.25, 0.3) is 0 Å². The van der Waals surface area contributed by atoms with E-state index >= 15 is 4.39 Å². The van der Waals surface area contributed by atoms with Crippen molar-refractivity contribution in [2.75, 3.05) is 32.5 Å². The van der Waals surface area contributed by atoms with Gasteiger partial charge >= 0.3 is 0 Å². The second-order valence-electron chi connectivity index (χ2n) is 10.3. The maximum Gasteiger partial charge on any atom is 0.262 e. The fourth-order valence-corrected chi connectivity index (χ4v) is 7.64. The molecule has 0 radical (unpaired) electrons. The first-order valence-corrected chi connectivity index (χ1v) is 18.3. The molecule has 0 aromatic heterocycles. The van der Waals surface area contributed by atoms with Crippen molar-refractivity contribution in [2.45, 2.75) is 17.2 Å². The van der Waals surface area contributed by atoms with E-state index in [1.54, 1.807) is 30.3 Å². The molecule has 1 fully saturated rings. The van der Waals surface area contributed by atoms with E-state index in [2.05, 4.69) is 30.7 Å². The van der Waals surface area contributed by atoms with Crippen LogP contribution in [0.2, 0.25) is 10.0 Å². The van der Waals surface area contributed by atoms with Crippen LogP contribution in [0.4, 0.5) is 27.1 Å². The predicted molar refractivity (Wildman–Crippen MR) is 180 cm³/mol. The Morgan fingerprint density at radius 2 is 1.54 bits per heavy atom. The highest BCUT2D eigenvalue weighted by molar-refractivity contribution is 9.10. The number of para-hydroxylation sites is 4. The van der Waals surface area contributed by atoms with Gasteiger partial charge in [0.15, 0.2) is 0 Å². The lowest BCUT2D eigenvalue weighted by molar-refractivity contribution is -0.117. The fourth-order valence-electron chi connectivity index (χ4n) is 4.97. The van der Waals surface area contributed by atoms with Crippen LogP contribution in [0.3, 0.4) is 0 Å². The van der Waals surface area contributed by atoms with Gasteiger partial charge in [-0.05, 0) is 54.6 Å². The van der Waals surface area contributed by atoms with Crippen molar-refractivity contribution in [3.63, 3.8) is 0 Å². The molecule has 0 spiro atoms. The second-order valence-corrected chi connectivity index (χ2v) is 15.4. The molecule has 4 aromatic carbocycles. The molecule has 1 aliphatic heterocycles. The van der Waals surface area contributed by atoms with Crippen LogP contribution in [-0.2, 0) is 24.8 Å². The molecule has 3 N–H and O–H groups in total. The molecule has 1 heterocycles. The first-order valence-electron chi connectivity index (χ1n) is 13.4. The standard InChI is InChI=1S/C30H24BrCl2FN4O6S2/c1-45(41,42)36-24-7-3-2-6-23(24)35-30(40)19-11-12-20(31)28(29(19)34)17-14-27(39)38(16-17)26-9-5-4-8-25(26)37-46(43,44)18-10-13-21(32)22(33)15-18/h2-13,15,17,36-37H,14,16H2,1H3,(H,35,40). The molecule has 0 saturated carbocycles. The molecule has 4 aromatic rings. The van der Waals surface area contributed by atoms with Gasteiger partial charge in [0.2, 0.25) is 15.9 Å². The maximum atomic E-state index is 16.1. The number of nitrogens with zero attached hydrogens (tertiary/aromatic N) is 1. The third kappa shape index (κ3) is 7.31. The minimum Gasteiger partial charge on any atom is -0.320 e. The summed E-state index contributed by atoms with van der Waals surface area (Å²) >= 11 is 15.3. The molecule has 240 valence electrons. The molecular formula is C30H24BrCl2FN4O6S2. The van der Waals surface area contributed by atoms with Crippen molar-refractivity contribution >= 4 is 93.7 Å². The number of amides is 2. The molecule has 2 amide bonds. The summed E-state index contributed by atoms with van der Waals surface area (Å²) in [6.07, 6.45) is 0.830. The van der Waals surface area contributed by atoms with Crippen molar-refractivity contribution in [1.82, 2.24) is 0 Å². The lowest BCUT2D eigenvalue weighted by atomic mass is 9.95. The molecule has 0 aliphatic carbocycles. The summed E-state index contributed by atoms with van der Waals surface area (Å²) in [6, 6.07) is 18.9. The van der Waals surface area contributed by atoms with E-state index in [0.29, 0.717) is 4.47 Å². The third-order valence-electron chi connectivity index (χ3n) is 7.02. The molecule has 1 atom stereocenters. The summed E-state index contributed by atoms with van der Waals surface area (Å²) < 4.78 is 71.0. The van der Waals surface area contributed by atoms with Crippen molar-refractivity contribution < 1.29 is 30.8 Å². The monoisotopic (exact) mass is 768 g/mol. The highest BCUT2D eigenvalue weighted by Gasteiger charge is 2.36. The molecule has 5 rings (SSSR count). The highest BCUT2D eigenvalue weighted by Crippen LogP contribution is 2.40. The number of hydrogen-bond donors (Lipinski definition) is 3. The molecule has 1 saturated heterocycles. The van der Waals surface area contributed by atoms with E-state index in [1.165, 1.54) is 53.4 Å². The van der Waals surface area contributed by atoms with Crippen molar-refractivity contribution in [1.29, 1.82) is 0 Å². The first kappa shape index (κ1) is 33.7. The van der Waals surface area contributed by atoms with E-state index in [9.17, 15) is 26.4 Å². The number of hydrogen-bond acceptors (Lipinski definition) is 6. The number of sulfonamides is 2. The van der Waals surface area contributed by atoms with Gasteiger partial charge in [0, 0.05) is 28.9 Å². The van der Waals surface area contributed by atoms with Gasteiger partial charge in [-0.2, -0.15) is 0 Å². The zero-order valence-electron chi connectivity index (χ0n) is 23.7. The summed E-state index contributed by atoms with van der Waals surface area (Å²) in [5.74, 6) is -2.81. The SMILES string of the molecule is CS(=O)(=O)Nc1ccccc1NC(=O)c1ccc(Br)c(C2CC(=O)N(c3ccccc3NS(=O)(=O)c3ccc(Cl)c(Cl)c3)C2)c1F. The van der Waals surface area contributed by atoms with E-state index in [0.717, 1.165) is 6.26 Å². The van der Waals surface area contributed by atoms with Gasteiger partial charge in [0.05, 0.1) is 49.5 Å². The number of halogens is 4. The van der Waals surface area contributed by atoms with E-state index in [-0.39, 0.29) is 61.8 Å². The minimum atomic E-state index is -4.14. The van der Waals surface area contributed by atoms with Crippen molar-refractivity contribution in [3.8, 4) is 0 Å². The lowest BCUT2D eigenvalue weighted by Crippen LogP contribution is -2.26. The zero-order chi connectivity index (χ0) is 33.4. The van der Waals surface area contributed by atoms with Crippen LogP contribution in [0.15, 0.2) is 88.2 Å². The Kier molecular flexibility index (Phi) is 9.66. The van der Waals surface area contributed by atoms with E-state index < -0.39 is 43.6 Å². The normalized spacial score (nSPS) is 15.1. The predicted octanol–water partition coefficient (Wildman–Crippen LogP) is 6.84. The number of rotatable bonds is 9. The quantitative estimate of drug-likeness (QED) is 0.170. The second kappa shape index (κ2) is 13.2. The van der Waals surface area contributed by atoms with Crippen molar-refractivity contribution in [3.05, 3.63) is 110 Å². The summed E-state index contributed by atoms with van der Waals surface area (Å²) in [5, 5.41) is 2.77. The number of carbonyl (C=O) groups excluding carboxylic acids is 2. The molecule has 0 bridgehead atoms. The molecule has 1 aliphatic rings. The highest BCUT2D eigenvalue weighted by atomic mass is 79.9. The van der Waals surface area contributed by atoms with Gasteiger partial charge < -0.3 is 10.2 Å². The average Bonchev–Trinajstić information content (AvgIpc) is 3.35. The average molecular weight is 770 g/mol. The lowest BCUT2D eigenvalue weighted by Gasteiger charge is -2.22. The third-order valence-corrected chi connectivity index (χ3v) is 10.4. The Morgan fingerprint density at radius 3 is 2.22 bits per heavy atom. The molecular weight excluding hydrogens is 746 g/mol. The summed E-state index contributed by atoms with van der Waals surface area (Å²) in [5.41, 5.74) is 0.328. The Hall–Kier alpha value is -3.69. The van der Waals surface area contributed by atoms with Gasteiger partial charge in [0.25, 0.3) is 15.9 Å². The van der Waals surface area contributed by atoms with Gasteiger partial charge in [-0.3, -0.25) is 19.0 Å². The number of nitrogens with one attached hydrogen (secondary N) is 3. The number of anilines is 4. The van der Waals surface area contributed by atoms with Crippen LogP contribution in [0.1, 0.15) is 28.3 Å². The van der Waals surface area contributed by atoms with Gasteiger partial charge in [-0.1, -0.05) is 63.4 Å². The Balaban J connectivity index is 1.41. The van der Waals surface area contributed by atoms with Crippen LogP contribution in [0.5, 0.6) is 0 Å². The van der Waals surface area contributed by atoms with E-state index in [1.807, 2.05) is 0 Å². The molecule has 46 heavy (non-hydrogen) atoms. The number of carbonyl (C=O) groups is 2. The van der Waals surface area contributed by atoms with E-state index in [4.69, 9.17) is 23.2 Å². The van der Waals surface area contributed by atoms with Crippen LogP contribution < -0.4 is 19.7 Å². The van der Waals surface area contributed by atoms with Gasteiger partial charge in [0.1, 0.15) is 5.82 Å². The van der Waals surface area contributed by atoms with Crippen LogP contribution in [-0.4, -0.2) is 41.5 Å². The zero-order valence-corrected chi connectivity index (χ0v) is 28.5. The van der Waals surface area contributed by atoms with Gasteiger partial charge in [-0.25, -0.2) is 21.2 Å².